The highest BCUT2D eigenvalue weighted by atomic mass is 16.6. The van der Waals surface area contributed by atoms with Gasteiger partial charge in [-0.1, -0.05) is 275 Å². The molecule has 0 N–H and O–H groups in total. The number of unbranched alkanes of at least 4 members (excludes halogenated alkanes) is 21. The summed E-state index contributed by atoms with van der Waals surface area (Å²) >= 11 is 0. The summed E-state index contributed by atoms with van der Waals surface area (Å²) in [7, 11) is 0. The van der Waals surface area contributed by atoms with Gasteiger partial charge in [0.25, 0.3) is 0 Å². The molecule has 1 unspecified atom stereocenters. The molecule has 0 aromatic carbocycles. The number of hydrogen-bond donors (Lipinski definition) is 0. The number of ether oxygens (including phenoxy) is 3. The first-order valence-electron chi connectivity index (χ1n) is 33.0. The van der Waals surface area contributed by atoms with Gasteiger partial charge in [0, 0.05) is 19.3 Å². The molecule has 456 valence electrons. The Balaban J connectivity index is 4.35. The van der Waals surface area contributed by atoms with Gasteiger partial charge in [-0.15, -0.1) is 0 Å². The SMILES string of the molecule is CC/C=C\C/C=C\C/C=C\C/C=C\C/C=C\C/C=C\C/C=C\CCCCCCCCCCCC(=O)OCC(COC(=O)CCCCCCC/C=C\C/C=C\C/C=C\CC)OC(=O)CCCCCCCCC/C=C\C/C=C\C/C=C\CC. The van der Waals surface area contributed by atoms with Crippen LogP contribution in [0, 0.1) is 0 Å². The highest BCUT2D eigenvalue weighted by Crippen LogP contribution is 2.15. The molecule has 0 heterocycles. The van der Waals surface area contributed by atoms with Crippen molar-refractivity contribution in [2.75, 3.05) is 13.2 Å². The van der Waals surface area contributed by atoms with Crippen molar-refractivity contribution < 1.29 is 28.6 Å². The van der Waals surface area contributed by atoms with Crippen molar-refractivity contribution in [3.05, 3.63) is 158 Å². The van der Waals surface area contributed by atoms with E-state index in [2.05, 4.69) is 179 Å². The Labute approximate surface area is 499 Å². The van der Waals surface area contributed by atoms with Gasteiger partial charge in [0.1, 0.15) is 13.2 Å². The zero-order valence-corrected chi connectivity index (χ0v) is 52.2. The monoisotopic (exact) mass is 1120 g/mol. The van der Waals surface area contributed by atoms with Gasteiger partial charge in [-0.25, -0.2) is 0 Å². The normalized spacial score (nSPS) is 13.2. The fourth-order valence-corrected chi connectivity index (χ4v) is 8.69. The van der Waals surface area contributed by atoms with Gasteiger partial charge in [-0.3, -0.25) is 14.4 Å². The van der Waals surface area contributed by atoms with E-state index in [1.54, 1.807) is 0 Å². The molecular weight excluding hydrogens is 997 g/mol. The van der Waals surface area contributed by atoms with E-state index in [4.69, 9.17) is 14.2 Å². The maximum atomic E-state index is 12.9. The standard InChI is InChI=1S/C75H120O6/c1-4-7-10-13-16-19-22-25-28-30-31-32-33-34-35-36-37-38-39-40-41-42-43-45-47-50-53-56-59-62-65-68-74(77)80-71-72(70-79-73(76)67-64-61-58-55-52-49-46-27-24-21-18-15-12-9-6-3)81-75(78)69-66-63-60-57-54-51-48-44-29-26-23-20-17-14-11-8-5-2/h7-12,16-21,25-29,31-32,34-35,37-38,40-41,46,72H,4-6,13-15,22-24,30,33,36,39,42-45,47-71H2,1-3H3/b10-7-,11-8-,12-9-,19-16-,20-17-,21-18-,28-25-,29-26-,32-31-,35-34-,38-37-,41-40-,46-27-. The molecule has 0 bridgehead atoms. The van der Waals surface area contributed by atoms with Gasteiger partial charge < -0.3 is 14.2 Å². The molecule has 0 radical (unpaired) electrons. The minimum atomic E-state index is -0.802. The molecule has 0 aromatic heterocycles. The van der Waals surface area contributed by atoms with Gasteiger partial charge in [-0.2, -0.15) is 0 Å². The first-order valence-corrected chi connectivity index (χ1v) is 33.0. The Morgan fingerprint density at radius 1 is 0.247 bits per heavy atom. The van der Waals surface area contributed by atoms with Gasteiger partial charge in [0.2, 0.25) is 0 Å². The Morgan fingerprint density at radius 2 is 0.444 bits per heavy atom. The Kier molecular flexibility index (Phi) is 63.4. The van der Waals surface area contributed by atoms with Gasteiger partial charge in [0.05, 0.1) is 0 Å². The van der Waals surface area contributed by atoms with Crippen LogP contribution in [0.15, 0.2) is 158 Å². The van der Waals surface area contributed by atoms with Crippen molar-refractivity contribution in [1.29, 1.82) is 0 Å². The molecule has 6 heteroatoms. The third-order valence-corrected chi connectivity index (χ3v) is 13.5. The maximum Gasteiger partial charge on any atom is 0.306 e. The van der Waals surface area contributed by atoms with E-state index in [-0.39, 0.29) is 31.1 Å². The second kappa shape index (κ2) is 67.5. The highest BCUT2D eigenvalue weighted by Gasteiger charge is 2.19. The number of carbonyl (C=O) groups is 3. The van der Waals surface area contributed by atoms with E-state index in [1.165, 1.54) is 64.2 Å². The van der Waals surface area contributed by atoms with E-state index >= 15 is 0 Å². The molecule has 0 saturated carbocycles. The number of carbonyl (C=O) groups excluding carboxylic acids is 3. The van der Waals surface area contributed by atoms with Crippen molar-refractivity contribution in [1.82, 2.24) is 0 Å². The molecular formula is C75H120O6. The lowest BCUT2D eigenvalue weighted by atomic mass is 10.1. The topological polar surface area (TPSA) is 78.9 Å². The fraction of sp³-hybridized carbons (Fsp3) is 0.613. The molecule has 0 fully saturated rings. The van der Waals surface area contributed by atoms with E-state index in [0.29, 0.717) is 19.3 Å². The van der Waals surface area contributed by atoms with Gasteiger partial charge in [0.15, 0.2) is 6.10 Å². The summed E-state index contributed by atoms with van der Waals surface area (Å²) in [5.41, 5.74) is 0. The van der Waals surface area contributed by atoms with Crippen LogP contribution < -0.4 is 0 Å². The van der Waals surface area contributed by atoms with E-state index in [1.807, 2.05) is 0 Å². The average Bonchev–Trinajstić information content (AvgIpc) is 3.47. The summed E-state index contributed by atoms with van der Waals surface area (Å²) in [6.07, 6.45) is 98.2. The zero-order valence-electron chi connectivity index (χ0n) is 52.2. The maximum absolute atomic E-state index is 12.9. The lowest BCUT2D eigenvalue weighted by molar-refractivity contribution is -0.167. The minimum absolute atomic E-state index is 0.0965. The molecule has 0 aliphatic rings. The van der Waals surface area contributed by atoms with Crippen LogP contribution in [0.25, 0.3) is 0 Å². The predicted octanol–water partition coefficient (Wildman–Crippen LogP) is 22.9. The van der Waals surface area contributed by atoms with Crippen LogP contribution in [0.4, 0.5) is 0 Å². The summed E-state index contributed by atoms with van der Waals surface area (Å²) < 4.78 is 16.9. The van der Waals surface area contributed by atoms with Crippen LogP contribution in [-0.4, -0.2) is 37.2 Å². The smallest absolute Gasteiger partial charge is 0.306 e. The molecule has 0 aromatic rings. The summed E-state index contributed by atoms with van der Waals surface area (Å²) in [5.74, 6) is -0.930. The molecule has 81 heavy (non-hydrogen) atoms. The van der Waals surface area contributed by atoms with Crippen molar-refractivity contribution in [2.24, 2.45) is 0 Å². The van der Waals surface area contributed by atoms with E-state index in [9.17, 15) is 14.4 Å². The summed E-state index contributed by atoms with van der Waals surface area (Å²) in [6.45, 7) is 6.28. The van der Waals surface area contributed by atoms with Crippen LogP contribution in [0.2, 0.25) is 0 Å². The highest BCUT2D eigenvalue weighted by molar-refractivity contribution is 5.71. The predicted molar refractivity (Wildman–Crippen MR) is 352 cm³/mol. The van der Waals surface area contributed by atoms with E-state index in [0.717, 1.165) is 173 Å². The first-order chi connectivity index (χ1) is 40.0. The molecule has 0 aliphatic carbocycles. The summed E-state index contributed by atoms with van der Waals surface area (Å²) in [5, 5.41) is 0. The van der Waals surface area contributed by atoms with Crippen LogP contribution in [0.3, 0.4) is 0 Å². The van der Waals surface area contributed by atoms with Crippen LogP contribution in [0.5, 0.6) is 0 Å². The van der Waals surface area contributed by atoms with Crippen LogP contribution in [0.1, 0.15) is 278 Å². The lowest BCUT2D eigenvalue weighted by Crippen LogP contribution is -2.30. The molecule has 0 saturated heterocycles. The van der Waals surface area contributed by atoms with E-state index < -0.39 is 6.10 Å². The van der Waals surface area contributed by atoms with Crippen LogP contribution in [-0.2, 0) is 28.6 Å². The molecule has 0 amide bonds. The second-order valence-electron chi connectivity index (χ2n) is 21.2. The molecule has 0 aliphatic heterocycles. The Hall–Kier alpha value is -4.97. The summed E-state index contributed by atoms with van der Waals surface area (Å²) in [4.78, 5) is 38.4. The average molecular weight is 1120 g/mol. The van der Waals surface area contributed by atoms with Crippen molar-refractivity contribution in [2.45, 2.75) is 284 Å². The number of hydrogen-bond acceptors (Lipinski definition) is 6. The first kappa shape index (κ1) is 76.0. The van der Waals surface area contributed by atoms with Crippen molar-refractivity contribution >= 4 is 17.9 Å². The third-order valence-electron chi connectivity index (χ3n) is 13.5. The zero-order chi connectivity index (χ0) is 58.5. The largest absolute Gasteiger partial charge is 0.462 e. The number of allylic oxidation sites excluding steroid dienone is 26. The molecule has 0 rings (SSSR count). The third kappa shape index (κ3) is 65.7. The van der Waals surface area contributed by atoms with Crippen LogP contribution >= 0.6 is 0 Å². The number of esters is 3. The van der Waals surface area contributed by atoms with Gasteiger partial charge in [-0.05, 0) is 141 Å². The quantitative estimate of drug-likeness (QED) is 0.0261. The van der Waals surface area contributed by atoms with Crippen molar-refractivity contribution in [3.63, 3.8) is 0 Å². The van der Waals surface area contributed by atoms with Gasteiger partial charge >= 0.3 is 17.9 Å². The Bertz CT molecular complexity index is 1810. The molecule has 1 atom stereocenters. The second-order valence-corrected chi connectivity index (χ2v) is 21.2. The summed E-state index contributed by atoms with van der Waals surface area (Å²) in [6, 6.07) is 0. The number of rotatable bonds is 58. The van der Waals surface area contributed by atoms with Crippen molar-refractivity contribution in [3.8, 4) is 0 Å². The molecule has 6 nitrogen and oxygen atoms in total. The Morgan fingerprint density at radius 3 is 0.691 bits per heavy atom. The molecule has 0 spiro atoms. The lowest BCUT2D eigenvalue weighted by Gasteiger charge is -2.18. The minimum Gasteiger partial charge on any atom is -0.462 e. The fourth-order valence-electron chi connectivity index (χ4n) is 8.69.